The summed E-state index contributed by atoms with van der Waals surface area (Å²) in [4.78, 5) is 8.51. The average Bonchev–Trinajstić information content (AvgIpc) is 2.77. The Hall–Kier alpha value is -2.31. The van der Waals surface area contributed by atoms with Crippen LogP contribution in [-0.4, -0.2) is 27.3 Å². The molecule has 7 heteroatoms. The number of nitrogen functional groups attached to an aromatic ring is 1. The molecule has 0 amide bonds. The summed E-state index contributed by atoms with van der Waals surface area (Å²) >= 11 is 0. The standard InChI is InChI=1S/C14H21N5O2/c1-9-17-12(19-21-9)7-8-16-11-6-5-10(15)13(18-11)20-14(2,3)4/h5-6H,7-8,15H2,1-4H3,(H,16,18). The number of nitrogens with two attached hydrogens (primary N) is 1. The zero-order valence-corrected chi connectivity index (χ0v) is 12.8. The van der Waals surface area contributed by atoms with Crippen molar-refractivity contribution in [1.29, 1.82) is 0 Å². The van der Waals surface area contributed by atoms with Gasteiger partial charge in [0.2, 0.25) is 11.8 Å². The summed E-state index contributed by atoms with van der Waals surface area (Å²) in [6.07, 6.45) is 0.652. The van der Waals surface area contributed by atoms with E-state index in [0.717, 1.165) is 0 Å². The molecule has 2 aromatic rings. The van der Waals surface area contributed by atoms with Crippen molar-refractivity contribution in [2.75, 3.05) is 17.6 Å². The molecule has 21 heavy (non-hydrogen) atoms. The fourth-order valence-corrected chi connectivity index (χ4v) is 1.67. The van der Waals surface area contributed by atoms with Crippen molar-refractivity contribution in [3.05, 3.63) is 23.8 Å². The summed E-state index contributed by atoms with van der Waals surface area (Å²) in [5.74, 6) is 2.37. The van der Waals surface area contributed by atoms with E-state index < -0.39 is 0 Å². The smallest absolute Gasteiger partial charge is 0.239 e. The summed E-state index contributed by atoms with van der Waals surface area (Å²) in [5, 5.41) is 7.02. The van der Waals surface area contributed by atoms with Gasteiger partial charge in [-0.05, 0) is 32.9 Å². The minimum absolute atomic E-state index is 0.345. The Morgan fingerprint density at radius 2 is 2.05 bits per heavy atom. The zero-order valence-electron chi connectivity index (χ0n) is 12.8. The van der Waals surface area contributed by atoms with E-state index in [0.29, 0.717) is 42.1 Å². The van der Waals surface area contributed by atoms with E-state index in [1.54, 1.807) is 13.0 Å². The molecule has 0 aliphatic carbocycles. The molecule has 0 radical (unpaired) electrons. The molecule has 2 heterocycles. The maximum atomic E-state index is 5.87. The molecule has 0 saturated carbocycles. The Balaban J connectivity index is 1.95. The summed E-state index contributed by atoms with van der Waals surface area (Å²) in [6, 6.07) is 3.58. The molecular weight excluding hydrogens is 270 g/mol. The molecule has 3 N–H and O–H groups in total. The molecule has 0 bridgehead atoms. The molecule has 0 aromatic carbocycles. The van der Waals surface area contributed by atoms with Crippen LogP contribution in [0, 0.1) is 6.92 Å². The van der Waals surface area contributed by atoms with Gasteiger partial charge >= 0.3 is 0 Å². The normalized spacial score (nSPS) is 11.4. The van der Waals surface area contributed by atoms with E-state index in [4.69, 9.17) is 15.0 Å². The maximum Gasteiger partial charge on any atom is 0.239 e. The first kappa shape index (κ1) is 15.1. The van der Waals surface area contributed by atoms with Gasteiger partial charge in [0.05, 0.1) is 5.69 Å². The van der Waals surface area contributed by atoms with Crippen LogP contribution in [0.25, 0.3) is 0 Å². The highest BCUT2D eigenvalue weighted by atomic mass is 16.5. The lowest BCUT2D eigenvalue weighted by Gasteiger charge is -2.21. The van der Waals surface area contributed by atoms with Gasteiger partial charge < -0.3 is 20.3 Å². The lowest BCUT2D eigenvalue weighted by molar-refractivity contribution is 0.125. The van der Waals surface area contributed by atoms with Crippen molar-refractivity contribution in [1.82, 2.24) is 15.1 Å². The quantitative estimate of drug-likeness (QED) is 0.871. The number of pyridine rings is 1. The Bertz CT molecular complexity index is 604. The molecule has 0 spiro atoms. The van der Waals surface area contributed by atoms with Crippen LogP contribution in [-0.2, 0) is 6.42 Å². The summed E-state index contributed by atoms with van der Waals surface area (Å²) in [6.45, 7) is 8.26. The number of ether oxygens (including phenoxy) is 1. The zero-order chi connectivity index (χ0) is 15.5. The second kappa shape index (κ2) is 5.99. The minimum atomic E-state index is -0.345. The topological polar surface area (TPSA) is 99.1 Å². The molecule has 0 fully saturated rings. The van der Waals surface area contributed by atoms with E-state index in [-0.39, 0.29) is 5.60 Å². The molecule has 0 atom stereocenters. The van der Waals surface area contributed by atoms with Crippen molar-refractivity contribution < 1.29 is 9.26 Å². The first-order valence-corrected chi connectivity index (χ1v) is 6.82. The van der Waals surface area contributed by atoms with Crippen molar-refractivity contribution >= 4 is 11.5 Å². The van der Waals surface area contributed by atoms with Gasteiger partial charge in [0.15, 0.2) is 5.82 Å². The van der Waals surface area contributed by atoms with Gasteiger partial charge in [-0.2, -0.15) is 9.97 Å². The van der Waals surface area contributed by atoms with Gasteiger partial charge in [0.25, 0.3) is 0 Å². The fourth-order valence-electron chi connectivity index (χ4n) is 1.67. The van der Waals surface area contributed by atoms with Crippen LogP contribution >= 0.6 is 0 Å². The highest BCUT2D eigenvalue weighted by Crippen LogP contribution is 2.24. The number of hydrogen-bond donors (Lipinski definition) is 2. The summed E-state index contributed by atoms with van der Waals surface area (Å²) in [7, 11) is 0. The van der Waals surface area contributed by atoms with Crippen LogP contribution < -0.4 is 15.8 Å². The van der Waals surface area contributed by atoms with Crippen LogP contribution in [0.2, 0.25) is 0 Å². The second-order valence-electron chi connectivity index (χ2n) is 5.71. The maximum absolute atomic E-state index is 5.87. The van der Waals surface area contributed by atoms with E-state index in [1.165, 1.54) is 0 Å². The number of anilines is 2. The van der Waals surface area contributed by atoms with Gasteiger partial charge in [-0.15, -0.1) is 0 Å². The Labute approximate surface area is 123 Å². The van der Waals surface area contributed by atoms with E-state index in [1.807, 2.05) is 26.8 Å². The average molecular weight is 291 g/mol. The highest BCUT2D eigenvalue weighted by Gasteiger charge is 2.15. The largest absolute Gasteiger partial charge is 0.470 e. The predicted octanol–water partition coefficient (Wildman–Crippen LogP) is 2.19. The molecular formula is C14H21N5O2. The molecule has 0 unspecified atom stereocenters. The van der Waals surface area contributed by atoms with Crippen molar-refractivity contribution in [3.63, 3.8) is 0 Å². The van der Waals surface area contributed by atoms with Crippen LogP contribution in [0.5, 0.6) is 5.88 Å². The Morgan fingerprint density at radius 3 is 2.67 bits per heavy atom. The number of rotatable bonds is 5. The van der Waals surface area contributed by atoms with Gasteiger partial charge in [0.1, 0.15) is 11.4 Å². The van der Waals surface area contributed by atoms with E-state index in [9.17, 15) is 0 Å². The molecule has 7 nitrogen and oxygen atoms in total. The van der Waals surface area contributed by atoms with Gasteiger partial charge in [-0.1, -0.05) is 5.16 Å². The fraction of sp³-hybridized carbons (Fsp3) is 0.500. The number of aromatic nitrogens is 3. The summed E-state index contributed by atoms with van der Waals surface area (Å²) in [5.41, 5.74) is 6.04. The third kappa shape index (κ3) is 4.62. The number of aryl methyl sites for hydroxylation is 1. The number of nitrogens with zero attached hydrogens (tertiary/aromatic N) is 3. The van der Waals surface area contributed by atoms with E-state index in [2.05, 4.69) is 20.4 Å². The number of nitrogens with one attached hydrogen (secondary N) is 1. The van der Waals surface area contributed by atoms with Crippen molar-refractivity contribution in [2.45, 2.75) is 39.7 Å². The molecule has 2 aromatic heterocycles. The van der Waals surface area contributed by atoms with Crippen LogP contribution in [0.15, 0.2) is 16.7 Å². The van der Waals surface area contributed by atoms with Crippen LogP contribution in [0.1, 0.15) is 32.5 Å². The molecule has 2 rings (SSSR count). The lowest BCUT2D eigenvalue weighted by Crippen LogP contribution is -2.24. The lowest BCUT2D eigenvalue weighted by atomic mass is 10.2. The molecule has 0 saturated heterocycles. The molecule has 114 valence electrons. The third-order valence-electron chi connectivity index (χ3n) is 2.52. The SMILES string of the molecule is Cc1nc(CCNc2ccc(N)c(OC(C)(C)C)n2)no1. The minimum Gasteiger partial charge on any atom is -0.470 e. The molecule has 0 aliphatic rings. The molecule has 0 aliphatic heterocycles. The third-order valence-corrected chi connectivity index (χ3v) is 2.52. The first-order chi connectivity index (χ1) is 9.83. The van der Waals surface area contributed by atoms with Gasteiger partial charge in [-0.25, -0.2) is 0 Å². The van der Waals surface area contributed by atoms with Gasteiger partial charge in [-0.3, -0.25) is 0 Å². The number of hydrogen-bond acceptors (Lipinski definition) is 7. The van der Waals surface area contributed by atoms with Gasteiger partial charge in [0, 0.05) is 19.9 Å². The highest BCUT2D eigenvalue weighted by molar-refractivity contribution is 5.53. The monoisotopic (exact) mass is 291 g/mol. The Morgan fingerprint density at radius 1 is 1.29 bits per heavy atom. The van der Waals surface area contributed by atoms with Crippen molar-refractivity contribution in [3.8, 4) is 5.88 Å². The predicted molar refractivity (Wildman–Crippen MR) is 80.3 cm³/mol. The Kier molecular flexibility index (Phi) is 4.30. The first-order valence-electron chi connectivity index (χ1n) is 6.82. The van der Waals surface area contributed by atoms with E-state index >= 15 is 0 Å². The van der Waals surface area contributed by atoms with Crippen LogP contribution in [0.4, 0.5) is 11.5 Å². The van der Waals surface area contributed by atoms with Crippen LogP contribution in [0.3, 0.4) is 0 Å². The van der Waals surface area contributed by atoms with Crippen molar-refractivity contribution in [2.24, 2.45) is 0 Å². The summed E-state index contributed by atoms with van der Waals surface area (Å²) < 4.78 is 10.6. The second-order valence-corrected chi connectivity index (χ2v) is 5.71.